The number of aryl methyl sites for hydroxylation is 2. The van der Waals surface area contributed by atoms with Gasteiger partial charge in [0.2, 0.25) is 0 Å². The number of hydrogen-bond acceptors (Lipinski definition) is 4. The first-order valence-electron chi connectivity index (χ1n) is 14.4. The Labute approximate surface area is 270 Å². The third-order valence-corrected chi connectivity index (χ3v) is 8.27. The third kappa shape index (κ3) is 5.97. The molecular weight excluding hydrogens is 630 g/mol. The van der Waals surface area contributed by atoms with Crippen molar-refractivity contribution in [1.29, 1.82) is 0 Å². The highest BCUT2D eigenvalue weighted by atomic mass is 79.9. The van der Waals surface area contributed by atoms with Crippen LogP contribution in [-0.2, 0) is 16.2 Å². The molecule has 2 heterocycles. The van der Waals surface area contributed by atoms with Gasteiger partial charge in [0.1, 0.15) is 17.9 Å². The molecule has 8 heteroatoms. The fourth-order valence-electron chi connectivity index (χ4n) is 5.38. The van der Waals surface area contributed by atoms with Crippen molar-refractivity contribution >= 4 is 51.2 Å². The minimum atomic E-state index is -0.717. The minimum Gasteiger partial charge on any atom is -0.489 e. The fourth-order valence-corrected chi connectivity index (χ4v) is 5.65. The van der Waals surface area contributed by atoms with Crippen molar-refractivity contribution in [1.82, 2.24) is 4.57 Å². The number of carbonyl (C=O) groups excluding carboxylic acids is 3. The van der Waals surface area contributed by atoms with Gasteiger partial charge in [-0.15, -0.1) is 0 Å². The minimum absolute atomic E-state index is 0.101. The lowest BCUT2D eigenvalue weighted by Gasteiger charge is -2.34. The van der Waals surface area contributed by atoms with E-state index in [2.05, 4.69) is 20.5 Å². The maximum Gasteiger partial charge on any atom is 0.343 e. The Kier molecular flexibility index (Phi) is 8.24. The zero-order valence-corrected chi connectivity index (χ0v) is 26.6. The SMILES string of the molecule is Cc1ccc(N2C(=O)/C(=C/c3cc(C)n(-c4ccc(OCc5ccc(Br)cc5)cc4)c3C)C(=O)N(c3ccccc3)C2=O)cc1. The summed E-state index contributed by atoms with van der Waals surface area (Å²) >= 11 is 3.45. The van der Waals surface area contributed by atoms with Crippen LogP contribution in [0.1, 0.15) is 28.1 Å². The Morgan fingerprint density at radius 3 is 1.89 bits per heavy atom. The molecule has 7 nitrogen and oxygen atoms in total. The van der Waals surface area contributed by atoms with Crippen molar-refractivity contribution in [2.24, 2.45) is 0 Å². The van der Waals surface area contributed by atoms with Crippen LogP contribution < -0.4 is 14.5 Å². The van der Waals surface area contributed by atoms with Crippen LogP contribution in [-0.4, -0.2) is 22.4 Å². The Hall–Kier alpha value is -5.21. The number of anilines is 2. The van der Waals surface area contributed by atoms with E-state index in [-0.39, 0.29) is 5.57 Å². The van der Waals surface area contributed by atoms with Gasteiger partial charge in [-0.2, -0.15) is 0 Å². The van der Waals surface area contributed by atoms with Crippen LogP contribution in [0.2, 0.25) is 0 Å². The number of halogens is 1. The molecule has 1 fully saturated rings. The highest BCUT2D eigenvalue weighted by Crippen LogP contribution is 2.31. The lowest BCUT2D eigenvalue weighted by atomic mass is 10.0. The van der Waals surface area contributed by atoms with E-state index >= 15 is 0 Å². The first kappa shape index (κ1) is 29.8. The second kappa shape index (κ2) is 12.4. The van der Waals surface area contributed by atoms with Gasteiger partial charge in [-0.05, 0) is 105 Å². The van der Waals surface area contributed by atoms with Gasteiger partial charge in [0.15, 0.2) is 0 Å². The van der Waals surface area contributed by atoms with Crippen LogP contribution in [0.25, 0.3) is 11.8 Å². The standard InChI is InChI=1S/C37H30BrN3O4/c1-24-9-15-32(16-10-24)41-36(43)34(35(42)40(37(41)44)30-7-5-4-6-8-30)22-28-21-25(2)39(26(28)3)31-17-19-33(20-18-31)45-23-27-11-13-29(38)14-12-27/h4-22H,23H2,1-3H3/b34-22+. The van der Waals surface area contributed by atoms with Gasteiger partial charge in [0.25, 0.3) is 11.8 Å². The summed E-state index contributed by atoms with van der Waals surface area (Å²) in [4.78, 5) is 43.5. The molecule has 1 aliphatic rings. The number of nitrogens with zero attached hydrogens (tertiary/aromatic N) is 3. The Morgan fingerprint density at radius 1 is 0.689 bits per heavy atom. The van der Waals surface area contributed by atoms with Crippen molar-refractivity contribution in [2.75, 3.05) is 9.80 Å². The number of hydrogen-bond donors (Lipinski definition) is 0. The highest BCUT2D eigenvalue weighted by molar-refractivity contribution is 9.10. The summed E-state index contributed by atoms with van der Waals surface area (Å²) < 4.78 is 9.05. The van der Waals surface area contributed by atoms with Crippen LogP contribution >= 0.6 is 15.9 Å². The molecule has 1 saturated heterocycles. The van der Waals surface area contributed by atoms with Gasteiger partial charge in [0, 0.05) is 21.5 Å². The van der Waals surface area contributed by atoms with Crippen LogP contribution in [0.3, 0.4) is 0 Å². The smallest absolute Gasteiger partial charge is 0.343 e. The Bertz CT molecular complexity index is 1930. The molecule has 45 heavy (non-hydrogen) atoms. The summed E-state index contributed by atoms with van der Waals surface area (Å²) in [6, 6.07) is 32.7. The van der Waals surface area contributed by atoms with Crippen molar-refractivity contribution in [3.05, 3.63) is 147 Å². The Morgan fingerprint density at radius 2 is 1.27 bits per heavy atom. The summed E-state index contributed by atoms with van der Waals surface area (Å²) in [6.45, 7) is 6.29. The second-order valence-corrected chi connectivity index (χ2v) is 11.8. The second-order valence-electron chi connectivity index (χ2n) is 10.9. The van der Waals surface area contributed by atoms with Gasteiger partial charge < -0.3 is 9.30 Å². The van der Waals surface area contributed by atoms with E-state index in [1.807, 2.05) is 87.5 Å². The molecule has 4 aromatic carbocycles. The molecule has 5 aromatic rings. The van der Waals surface area contributed by atoms with E-state index in [4.69, 9.17) is 4.74 Å². The molecule has 0 radical (unpaired) electrons. The maximum atomic E-state index is 13.9. The molecule has 1 aromatic heterocycles. The normalized spacial score (nSPS) is 14.4. The quantitative estimate of drug-likeness (QED) is 0.130. The zero-order chi connectivity index (χ0) is 31.7. The third-order valence-electron chi connectivity index (χ3n) is 7.74. The number of urea groups is 1. The average Bonchev–Trinajstić information content (AvgIpc) is 3.32. The number of ether oxygens (including phenoxy) is 1. The molecule has 0 aliphatic carbocycles. The summed E-state index contributed by atoms with van der Waals surface area (Å²) in [7, 11) is 0. The molecule has 0 saturated carbocycles. The summed E-state index contributed by atoms with van der Waals surface area (Å²) in [6.07, 6.45) is 1.59. The van der Waals surface area contributed by atoms with Gasteiger partial charge >= 0.3 is 6.03 Å². The number of aromatic nitrogens is 1. The summed E-state index contributed by atoms with van der Waals surface area (Å²) in [5.74, 6) is -0.596. The summed E-state index contributed by atoms with van der Waals surface area (Å²) in [5, 5.41) is 0. The molecule has 0 bridgehead atoms. The van der Waals surface area contributed by atoms with Gasteiger partial charge in [0.05, 0.1) is 11.4 Å². The van der Waals surface area contributed by atoms with Crippen molar-refractivity contribution < 1.29 is 19.1 Å². The number of barbiturate groups is 1. The lowest BCUT2D eigenvalue weighted by molar-refractivity contribution is -0.121. The molecular formula is C37H30BrN3O4. The Balaban J connectivity index is 1.33. The zero-order valence-electron chi connectivity index (χ0n) is 25.0. The fraction of sp³-hybridized carbons (Fsp3) is 0.108. The molecule has 0 spiro atoms. The maximum absolute atomic E-state index is 13.9. The number of imide groups is 2. The van der Waals surface area contributed by atoms with E-state index in [0.717, 1.165) is 48.2 Å². The van der Waals surface area contributed by atoms with Crippen LogP contribution in [0.5, 0.6) is 5.75 Å². The molecule has 0 atom stereocenters. The van der Waals surface area contributed by atoms with E-state index in [9.17, 15) is 14.4 Å². The van der Waals surface area contributed by atoms with Crippen molar-refractivity contribution in [3.8, 4) is 11.4 Å². The number of amides is 4. The van der Waals surface area contributed by atoms with Gasteiger partial charge in [-0.1, -0.05) is 64.0 Å². The van der Waals surface area contributed by atoms with Crippen LogP contribution in [0.15, 0.2) is 119 Å². The molecule has 0 unspecified atom stereocenters. The summed E-state index contributed by atoms with van der Waals surface area (Å²) in [5.41, 5.74) is 6.10. The number of rotatable bonds is 7. The largest absolute Gasteiger partial charge is 0.489 e. The molecule has 6 rings (SSSR count). The number of benzene rings is 4. The topological polar surface area (TPSA) is 71.8 Å². The van der Waals surface area contributed by atoms with E-state index < -0.39 is 17.8 Å². The van der Waals surface area contributed by atoms with Gasteiger partial charge in [-0.3, -0.25) is 9.59 Å². The van der Waals surface area contributed by atoms with Crippen LogP contribution in [0.4, 0.5) is 16.2 Å². The van der Waals surface area contributed by atoms with E-state index in [0.29, 0.717) is 23.5 Å². The number of carbonyl (C=O) groups is 3. The molecule has 224 valence electrons. The average molecular weight is 661 g/mol. The van der Waals surface area contributed by atoms with Crippen molar-refractivity contribution in [3.63, 3.8) is 0 Å². The van der Waals surface area contributed by atoms with Crippen LogP contribution in [0, 0.1) is 20.8 Å². The molecule has 0 N–H and O–H groups in total. The van der Waals surface area contributed by atoms with E-state index in [1.54, 1.807) is 48.5 Å². The van der Waals surface area contributed by atoms with Gasteiger partial charge in [-0.25, -0.2) is 14.6 Å². The van der Waals surface area contributed by atoms with Crippen molar-refractivity contribution in [2.45, 2.75) is 27.4 Å². The molecule has 4 amide bonds. The predicted octanol–water partition coefficient (Wildman–Crippen LogP) is 8.33. The van der Waals surface area contributed by atoms with E-state index in [1.165, 1.54) is 0 Å². The monoisotopic (exact) mass is 659 g/mol. The number of para-hydroxylation sites is 1. The predicted molar refractivity (Wildman–Crippen MR) is 180 cm³/mol. The lowest BCUT2D eigenvalue weighted by Crippen LogP contribution is -2.57. The first-order chi connectivity index (χ1) is 21.7. The molecule has 1 aliphatic heterocycles. The first-order valence-corrected chi connectivity index (χ1v) is 15.2. The highest BCUT2D eigenvalue weighted by Gasteiger charge is 2.43.